The molecule has 0 radical (unpaired) electrons. The first kappa shape index (κ1) is 20.2. The maximum atomic E-state index is 13.6. The second kappa shape index (κ2) is 8.09. The van der Waals surface area contributed by atoms with E-state index in [-0.39, 0.29) is 18.1 Å². The maximum Gasteiger partial charge on any atom is 0.305 e. The van der Waals surface area contributed by atoms with Gasteiger partial charge in [0.05, 0.1) is 23.1 Å². The van der Waals surface area contributed by atoms with Crippen LogP contribution in [0.15, 0.2) is 78.9 Å². The number of rotatable bonds is 5. The summed E-state index contributed by atoms with van der Waals surface area (Å²) < 4.78 is 0. The number of aromatic hydroxyl groups is 1. The van der Waals surface area contributed by atoms with Crippen LogP contribution in [0.25, 0.3) is 22.2 Å². The number of para-hydroxylation sites is 1. The van der Waals surface area contributed by atoms with Crippen molar-refractivity contribution < 1.29 is 19.8 Å². The summed E-state index contributed by atoms with van der Waals surface area (Å²) in [7, 11) is 0. The molecule has 1 aliphatic heterocycles. The van der Waals surface area contributed by atoms with Crippen LogP contribution in [0.5, 0.6) is 5.75 Å². The Balaban J connectivity index is 1.73. The highest BCUT2D eigenvalue weighted by molar-refractivity contribution is 8.01. The van der Waals surface area contributed by atoms with Crippen molar-refractivity contribution >= 4 is 40.2 Å². The lowest BCUT2D eigenvalue weighted by Crippen LogP contribution is -2.32. The molecule has 0 aliphatic carbocycles. The fourth-order valence-corrected chi connectivity index (χ4v) is 5.58. The topological polar surface area (TPSA) is 93.6 Å². The number of phenols is 1. The SMILES string of the molecule is O=C(O)CC1SC(c2cccc(O)c2)N(c2c(-c3ccccc3)[nH]c3ccccc23)C1=O. The molecule has 4 aromatic rings. The predicted molar refractivity (Wildman–Crippen MR) is 126 cm³/mol. The number of carbonyl (C=O) groups excluding carboxylic acids is 1. The van der Waals surface area contributed by atoms with Crippen LogP contribution in [-0.2, 0) is 9.59 Å². The van der Waals surface area contributed by atoms with Gasteiger partial charge in [-0.05, 0) is 23.8 Å². The number of phenolic OH excluding ortho intramolecular Hbond substituents is 1. The maximum absolute atomic E-state index is 13.6. The number of hydrogen-bond acceptors (Lipinski definition) is 4. The van der Waals surface area contributed by atoms with Crippen LogP contribution in [0.1, 0.15) is 17.4 Å². The van der Waals surface area contributed by atoms with Gasteiger partial charge in [-0.15, -0.1) is 11.8 Å². The molecule has 2 unspecified atom stereocenters. The second-order valence-corrected chi connectivity index (χ2v) is 8.93. The van der Waals surface area contributed by atoms with Crippen LogP contribution in [0, 0.1) is 0 Å². The molecule has 1 aromatic heterocycles. The predicted octanol–water partition coefficient (Wildman–Crippen LogP) is 5.16. The van der Waals surface area contributed by atoms with E-state index >= 15 is 0 Å². The summed E-state index contributed by atoms with van der Waals surface area (Å²) in [5.41, 5.74) is 4.05. The van der Waals surface area contributed by atoms with Crippen molar-refractivity contribution in [3.05, 3.63) is 84.4 Å². The Morgan fingerprint density at radius 3 is 2.50 bits per heavy atom. The number of fused-ring (bicyclic) bond motifs is 1. The Bertz CT molecular complexity index is 1320. The fourth-order valence-electron chi connectivity index (χ4n) is 4.16. The highest BCUT2D eigenvalue weighted by Crippen LogP contribution is 2.51. The summed E-state index contributed by atoms with van der Waals surface area (Å²) in [6.45, 7) is 0. The Morgan fingerprint density at radius 1 is 1.00 bits per heavy atom. The first-order valence-corrected chi connectivity index (χ1v) is 11.1. The van der Waals surface area contributed by atoms with Gasteiger partial charge in [0.1, 0.15) is 11.1 Å². The number of carboxylic acid groups (broad SMARTS) is 1. The lowest BCUT2D eigenvalue weighted by Gasteiger charge is -2.25. The van der Waals surface area contributed by atoms with Gasteiger partial charge in [-0.1, -0.05) is 60.7 Å². The fraction of sp³-hybridized carbons (Fsp3) is 0.120. The molecular weight excluding hydrogens is 424 g/mol. The normalized spacial score (nSPS) is 18.4. The number of nitrogens with zero attached hydrogens (tertiary/aromatic N) is 1. The molecule has 1 fully saturated rings. The van der Waals surface area contributed by atoms with Gasteiger partial charge in [0, 0.05) is 16.5 Å². The van der Waals surface area contributed by atoms with Crippen molar-refractivity contribution in [2.45, 2.75) is 17.0 Å². The zero-order chi connectivity index (χ0) is 22.2. The minimum Gasteiger partial charge on any atom is -0.508 e. The number of thioether (sulfide) groups is 1. The molecule has 0 bridgehead atoms. The average molecular weight is 445 g/mol. The summed E-state index contributed by atoms with van der Waals surface area (Å²) in [5, 5.41) is 19.1. The number of aromatic nitrogens is 1. The molecule has 1 aliphatic rings. The standard InChI is InChI=1S/C25H20N2O4S/c28-17-10-6-9-16(13-17)25-27(24(31)20(32-25)14-21(29)30)23-18-11-4-5-12-19(18)26-22(23)15-7-2-1-3-8-15/h1-13,20,25-26,28H,14H2,(H,29,30). The lowest BCUT2D eigenvalue weighted by atomic mass is 10.1. The highest BCUT2D eigenvalue weighted by Gasteiger charge is 2.44. The molecule has 160 valence electrons. The monoisotopic (exact) mass is 444 g/mol. The highest BCUT2D eigenvalue weighted by atomic mass is 32.2. The number of nitrogens with one attached hydrogen (secondary N) is 1. The largest absolute Gasteiger partial charge is 0.508 e. The quantitative estimate of drug-likeness (QED) is 0.395. The van der Waals surface area contributed by atoms with Crippen molar-refractivity contribution in [2.24, 2.45) is 0 Å². The van der Waals surface area contributed by atoms with Crippen molar-refractivity contribution in [2.75, 3.05) is 4.90 Å². The van der Waals surface area contributed by atoms with Crippen LogP contribution in [0.4, 0.5) is 5.69 Å². The molecule has 6 nitrogen and oxygen atoms in total. The van der Waals surface area contributed by atoms with Crippen molar-refractivity contribution in [1.82, 2.24) is 4.98 Å². The number of amides is 1. The van der Waals surface area contributed by atoms with Crippen molar-refractivity contribution in [1.29, 1.82) is 0 Å². The molecule has 3 aromatic carbocycles. The molecule has 0 spiro atoms. The van der Waals surface area contributed by atoms with Crippen LogP contribution in [0.3, 0.4) is 0 Å². The zero-order valence-corrected chi connectivity index (χ0v) is 17.8. The molecule has 1 amide bonds. The van der Waals surface area contributed by atoms with Gasteiger partial charge in [-0.3, -0.25) is 14.5 Å². The van der Waals surface area contributed by atoms with E-state index < -0.39 is 16.6 Å². The molecule has 5 rings (SSSR count). The van der Waals surface area contributed by atoms with Gasteiger partial charge in [-0.25, -0.2) is 0 Å². The summed E-state index contributed by atoms with van der Waals surface area (Å²) in [6, 6.07) is 24.3. The third-order valence-electron chi connectivity index (χ3n) is 5.54. The molecule has 7 heteroatoms. The number of aliphatic carboxylic acids is 1. The van der Waals surface area contributed by atoms with E-state index in [9.17, 15) is 19.8 Å². The summed E-state index contributed by atoms with van der Waals surface area (Å²) >= 11 is 1.30. The van der Waals surface area contributed by atoms with Gasteiger partial charge >= 0.3 is 5.97 Å². The Kier molecular flexibility index (Phi) is 5.11. The number of carbonyl (C=O) groups is 2. The summed E-state index contributed by atoms with van der Waals surface area (Å²) in [4.78, 5) is 30.2. The van der Waals surface area contributed by atoms with E-state index in [1.54, 1.807) is 23.1 Å². The lowest BCUT2D eigenvalue weighted by molar-refractivity contribution is -0.138. The third-order valence-corrected chi connectivity index (χ3v) is 6.98. The van der Waals surface area contributed by atoms with E-state index in [0.29, 0.717) is 5.69 Å². The number of hydrogen-bond donors (Lipinski definition) is 3. The zero-order valence-electron chi connectivity index (χ0n) is 16.9. The molecule has 1 saturated heterocycles. The Morgan fingerprint density at radius 2 is 1.75 bits per heavy atom. The summed E-state index contributed by atoms with van der Waals surface area (Å²) in [5.74, 6) is -1.18. The molecule has 3 N–H and O–H groups in total. The van der Waals surface area contributed by atoms with Crippen LogP contribution < -0.4 is 4.90 Å². The number of carboxylic acids is 1. The second-order valence-electron chi connectivity index (χ2n) is 7.64. The minimum absolute atomic E-state index is 0.0967. The first-order chi connectivity index (χ1) is 15.5. The number of anilines is 1. The van der Waals surface area contributed by atoms with E-state index in [0.717, 1.165) is 27.7 Å². The number of benzene rings is 3. The Hall–Kier alpha value is -3.71. The Labute approximate surface area is 188 Å². The number of H-pyrrole nitrogens is 1. The van der Waals surface area contributed by atoms with Crippen LogP contribution >= 0.6 is 11.8 Å². The first-order valence-electron chi connectivity index (χ1n) is 10.2. The summed E-state index contributed by atoms with van der Waals surface area (Å²) in [6.07, 6.45) is -0.266. The molecule has 0 saturated carbocycles. The van der Waals surface area contributed by atoms with Gasteiger partial charge in [0.15, 0.2) is 0 Å². The van der Waals surface area contributed by atoms with E-state index in [1.807, 2.05) is 60.7 Å². The molecule has 32 heavy (non-hydrogen) atoms. The third kappa shape index (κ3) is 3.50. The van der Waals surface area contributed by atoms with Crippen molar-refractivity contribution in [3.8, 4) is 17.0 Å². The average Bonchev–Trinajstić information content (AvgIpc) is 3.32. The van der Waals surface area contributed by atoms with Crippen LogP contribution in [-0.4, -0.2) is 32.3 Å². The molecular formula is C25H20N2O4S. The van der Waals surface area contributed by atoms with Crippen LogP contribution in [0.2, 0.25) is 0 Å². The van der Waals surface area contributed by atoms with Gasteiger partial charge in [-0.2, -0.15) is 0 Å². The minimum atomic E-state index is -1.02. The van der Waals surface area contributed by atoms with Gasteiger partial charge in [0.2, 0.25) is 5.91 Å². The number of aromatic amines is 1. The smallest absolute Gasteiger partial charge is 0.305 e. The molecule has 2 heterocycles. The van der Waals surface area contributed by atoms with Crippen molar-refractivity contribution in [3.63, 3.8) is 0 Å². The van der Waals surface area contributed by atoms with E-state index in [1.165, 1.54) is 11.8 Å². The van der Waals surface area contributed by atoms with Gasteiger partial charge in [0.25, 0.3) is 0 Å². The van der Waals surface area contributed by atoms with Gasteiger partial charge < -0.3 is 15.2 Å². The molecule has 2 atom stereocenters. The van der Waals surface area contributed by atoms with E-state index in [4.69, 9.17) is 0 Å². The van der Waals surface area contributed by atoms with E-state index in [2.05, 4.69) is 4.98 Å².